The molecule has 0 aliphatic heterocycles. The zero-order valence-electron chi connectivity index (χ0n) is 5.49. The molecule has 0 saturated carbocycles. The lowest BCUT2D eigenvalue weighted by Crippen LogP contribution is -2.33. The predicted octanol–water partition coefficient (Wildman–Crippen LogP) is 1.04. The van der Waals surface area contributed by atoms with Gasteiger partial charge in [0.1, 0.15) is 0 Å². The Morgan fingerprint density at radius 2 is 1.88 bits per heavy atom. The van der Waals surface area contributed by atoms with Gasteiger partial charge in [0, 0.05) is 0 Å². The highest BCUT2D eigenvalue weighted by atomic mass is 35.5. The second-order valence-electron chi connectivity index (χ2n) is 2.02. The molecule has 0 spiro atoms. The fraction of sp³-hybridized carbons (Fsp3) is 0.667. The molecule has 0 unspecified atom stereocenters. The summed E-state index contributed by atoms with van der Waals surface area (Å²) in [6.07, 6.45) is 5.10. The van der Waals surface area contributed by atoms with Gasteiger partial charge in [0.25, 0.3) is 0 Å². The van der Waals surface area contributed by atoms with Crippen LogP contribution in [-0.2, 0) is 0 Å². The van der Waals surface area contributed by atoms with E-state index in [1.54, 1.807) is 0 Å². The molecule has 0 aromatic rings. The number of halogens is 1. The van der Waals surface area contributed by atoms with E-state index in [1.165, 1.54) is 0 Å². The predicted molar refractivity (Wildman–Crippen MR) is 39.2 cm³/mol. The van der Waals surface area contributed by atoms with Crippen LogP contribution in [0, 0.1) is 12.3 Å². The van der Waals surface area contributed by atoms with Crippen LogP contribution in [0.5, 0.6) is 0 Å². The average molecular weight is 134 g/mol. The van der Waals surface area contributed by atoms with Crippen LogP contribution >= 0.6 is 12.4 Å². The van der Waals surface area contributed by atoms with Crippen molar-refractivity contribution < 1.29 is 0 Å². The van der Waals surface area contributed by atoms with Crippen LogP contribution in [0.2, 0.25) is 0 Å². The standard InChI is InChI=1S/C6H11N.ClH/c1-5-6(2,3)7-4;/h1,7H,2-4H3;1H. The Labute approximate surface area is 57.3 Å². The van der Waals surface area contributed by atoms with Gasteiger partial charge >= 0.3 is 0 Å². The number of hydrogen-bond acceptors (Lipinski definition) is 1. The minimum absolute atomic E-state index is 0. The molecule has 0 aliphatic rings. The summed E-state index contributed by atoms with van der Waals surface area (Å²) in [6, 6.07) is 0. The third kappa shape index (κ3) is 3.98. The van der Waals surface area contributed by atoms with E-state index in [-0.39, 0.29) is 17.9 Å². The van der Waals surface area contributed by atoms with Crippen molar-refractivity contribution in [3.05, 3.63) is 0 Å². The summed E-state index contributed by atoms with van der Waals surface area (Å²) < 4.78 is 0. The van der Waals surface area contributed by atoms with E-state index in [0.29, 0.717) is 0 Å². The minimum Gasteiger partial charge on any atom is -0.305 e. The first-order chi connectivity index (χ1) is 3.12. The highest BCUT2D eigenvalue weighted by Gasteiger charge is 2.06. The summed E-state index contributed by atoms with van der Waals surface area (Å²) in [5.41, 5.74) is -0.139. The molecule has 1 N–H and O–H groups in total. The van der Waals surface area contributed by atoms with Gasteiger partial charge in [-0.15, -0.1) is 18.8 Å². The lowest BCUT2D eigenvalue weighted by atomic mass is 10.1. The van der Waals surface area contributed by atoms with Crippen LogP contribution in [0.25, 0.3) is 0 Å². The highest BCUT2D eigenvalue weighted by molar-refractivity contribution is 5.85. The summed E-state index contributed by atoms with van der Waals surface area (Å²) in [5, 5.41) is 2.95. The molecule has 0 aromatic heterocycles. The van der Waals surface area contributed by atoms with Gasteiger partial charge in [-0.2, -0.15) is 0 Å². The number of rotatable bonds is 1. The Morgan fingerprint density at radius 3 is 1.88 bits per heavy atom. The van der Waals surface area contributed by atoms with Crippen molar-refractivity contribution in [1.82, 2.24) is 5.32 Å². The maximum absolute atomic E-state index is 5.10. The lowest BCUT2D eigenvalue weighted by molar-refractivity contribution is 0.548. The lowest BCUT2D eigenvalue weighted by Gasteiger charge is -2.14. The van der Waals surface area contributed by atoms with Crippen molar-refractivity contribution in [2.75, 3.05) is 7.05 Å². The second-order valence-corrected chi connectivity index (χ2v) is 2.02. The summed E-state index contributed by atoms with van der Waals surface area (Å²) in [4.78, 5) is 0. The Balaban J connectivity index is 0. The smallest absolute Gasteiger partial charge is 0.0738 e. The summed E-state index contributed by atoms with van der Waals surface area (Å²) in [6.45, 7) is 3.90. The van der Waals surface area contributed by atoms with Gasteiger partial charge < -0.3 is 5.32 Å². The molecular formula is C6H12ClN. The van der Waals surface area contributed by atoms with E-state index in [4.69, 9.17) is 6.42 Å². The van der Waals surface area contributed by atoms with Crippen molar-refractivity contribution in [3.63, 3.8) is 0 Å². The van der Waals surface area contributed by atoms with Crippen molar-refractivity contribution in [2.24, 2.45) is 0 Å². The van der Waals surface area contributed by atoms with Crippen molar-refractivity contribution in [3.8, 4) is 12.3 Å². The fourth-order valence-electron chi connectivity index (χ4n) is 0.0722. The molecule has 0 rings (SSSR count). The molecule has 2 heteroatoms. The molecule has 0 atom stereocenters. The first kappa shape index (κ1) is 10.7. The molecule has 0 aliphatic carbocycles. The van der Waals surface area contributed by atoms with Crippen LogP contribution in [0.1, 0.15) is 13.8 Å². The van der Waals surface area contributed by atoms with E-state index in [9.17, 15) is 0 Å². The Morgan fingerprint density at radius 1 is 1.50 bits per heavy atom. The van der Waals surface area contributed by atoms with E-state index in [1.807, 2.05) is 20.9 Å². The van der Waals surface area contributed by atoms with Crippen molar-refractivity contribution in [1.29, 1.82) is 0 Å². The molecule has 1 nitrogen and oxygen atoms in total. The third-order valence-electron chi connectivity index (χ3n) is 0.986. The van der Waals surface area contributed by atoms with Gasteiger partial charge in [0.05, 0.1) is 5.54 Å². The Kier molecular flexibility index (Phi) is 5.05. The maximum Gasteiger partial charge on any atom is 0.0738 e. The minimum atomic E-state index is -0.139. The topological polar surface area (TPSA) is 12.0 Å². The molecular weight excluding hydrogens is 122 g/mol. The van der Waals surface area contributed by atoms with E-state index in [2.05, 4.69) is 11.2 Å². The van der Waals surface area contributed by atoms with Crippen molar-refractivity contribution in [2.45, 2.75) is 19.4 Å². The third-order valence-corrected chi connectivity index (χ3v) is 0.986. The quantitative estimate of drug-likeness (QED) is 0.527. The van der Waals surface area contributed by atoms with E-state index < -0.39 is 0 Å². The van der Waals surface area contributed by atoms with Gasteiger partial charge in [0.15, 0.2) is 0 Å². The normalized spacial score (nSPS) is 9.25. The monoisotopic (exact) mass is 133 g/mol. The van der Waals surface area contributed by atoms with Crippen molar-refractivity contribution >= 4 is 12.4 Å². The molecule has 0 saturated heterocycles. The average Bonchev–Trinajstić information content (AvgIpc) is 1.68. The van der Waals surface area contributed by atoms with Crippen LogP contribution < -0.4 is 5.32 Å². The van der Waals surface area contributed by atoms with Gasteiger partial charge in [-0.05, 0) is 20.9 Å². The molecule has 0 heterocycles. The summed E-state index contributed by atoms with van der Waals surface area (Å²) in [7, 11) is 1.85. The Bertz CT molecular complexity index is 91.2. The highest BCUT2D eigenvalue weighted by Crippen LogP contribution is 1.94. The van der Waals surface area contributed by atoms with Crippen LogP contribution in [0.15, 0.2) is 0 Å². The zero-order chi connectivity index (χ0) is 5.91. The largest absolute Gasteiger partial charge is 0.305 e. The van der Waals surface area contributed by atoms with E-state index in [0.717, 1.165) is 0 Å². The number of hydrogen-bond donors (Lipinski definition) is 1. The van der Waals surface area contributed by atoms with Gasteiger partial charge in [-0.1, -0.05) is 5.92 Å². The van der Waals surface area contributed by atoms with Gasteiger partial charge in [-0.3, -0.25) is 0 Å². The van der Waals surface area contributed by atoms with E-state index >= 15 is 0 Å². The van der Waals surface area contributed by atoms with Crippen LogP contribution in [0.4, 0.5) is 0 Å². The molecule has 0 fully saturated rings. The fourth-order valence-corrected chi connectivity index (χ4v) is 0.0722. The number of nitrogens with one attached hydrogen (secondary N) is 1. The SMILES string of the molecule is C#CC(C)(C)NC.Cl. The van der Waals surface area contributed by atoms with Gasteiger partial charge in [-0.25, -0.2) is 0 Å². The maximum atomic E-state index is 5.10. The molecule has 48 valence electrons. The Hall–Kier alpha value is -0.190. The van der Waals surface area contributed by atoms with Crippen LogP contribution in [0.3, 0.4) is 0 Å². The molecule has 0 radical (unpaired) electrons. The molecule has 0 bridgehead atoms. The molecule has 0 aromatic carbocycles. The summed E-state index contributed by atoms with van der Waals surface area (Å²) in [5.74, 6) is 2.58. The second kappa shape index (κ2) is 3.77. The molecule has 0 amide bonds. The van der Waals surface area contributed by atoms with Gasteiger partial charge in [0.2, 0.25) is 0 Å². The first-order valence-corrected chi connectivity index (χ1v) is 2.29. The van der Waals surface area contributed by atoms with Crippen LogP contribution in [-0.4, -0.2) is 12.6 Å². The number of terminal acetylenes is 1. The molecule has 8 heavy (non-hydrogen) atoms. The first-order valence-electron chi connectivity index (χ1n) is 2.29. The summed E-state index contributed by atoms with van der Waals surface area (Å²) >= 11 is 0. The zero-order valence-corrected chi connectivity index (χ0v) is 6.30.